The molecule has 2 N–H and O–H groups in total. The van der Waals surface area contributed by atoms with Crippen LogP contribution in [0.3, 0.4) is 0 Å². The number of nitrogens with zero attached hydrogens (tertiary/aromatic N) is 7. The highest BCUT2D eigenvalue weighted by atomic mass is 16.7. The standard InChI is InChI=1S/C35H47N9O3/c1-6-35(45)40-28-19-29(39-33-21-34(38-23-37-33)44-30(11-18-47-44)26-8-7-25(4)36-22-26)32(46-5)20-31(28)43-12-9-27(10-13-43)42-16-14-41(15-17-42)24(2)3/h6-8,19-24,27,30H,1,9-18H2,2-5H3,(H,40,45)(H,37,38,39). The number of hydrogen-bond donors (Lipinski definition) is 2. The average molecular weight is 642 g/mol. The number of rotatable bonds is 10. The van der Waals surface area contributed by atoms with Crippen LogP contribution in [-0.4, -0.2) is 95.7 Å². The highest BCUT2D eigenvalue weighted by molar-refractivity contribution is 6.02. The number of ether oxygens (including phenoxy) is 1. The van der Waals surface area contributed by atoms with Gasteiger partial charge in [0.05, 0.1) is 36.8 Å². The van der Waals surface area contributed by atoms with E-state index in [0.717, 1.165) is 75.5 Å². The molecule has 47 heavy (non-hydrogen) atoms. The molecule has 0 spiro atoms. The Hall–Kier alpha value is -4.26. The van der Waals surface area contributed by atoms with Crippen molar-refractivity contribution in [3.63, 3.8) is 0 Å². The first-order chi connectivity index (χ1) is 22.8. The predicted molar refractivity (Wildman–Crippen MR) is 185 cm³/mol. The van der Waals surface area contributed by atoms with Gasteiger partial charge in [0.2, 0.25) is 5.91 Å². The molecule has 0 aliphatic carbocycles. The SMILES string of the molecule is C=CC(=O)Nc1cc(Nc2cc(N3OCCC3c3ccc(C)nc3)ncn2)c(OC)cc1N1CCC(N2CCN(C(C)C)CC2)CC1. The van der Waals surface area contributed by atoms with Crippen molar-refractivity contribution in [2.45, 2.75) is 58.2 Å². The van der Waals surface area contributed by atoms with Gasteiger partial charge in [0.25, 0.3) is 0 Å². The number of hydroxylamine groups is 1. The lowest BCUT2D eigenvalue weighted by Gasteiger charge is -2.44. The third kappa shape index (κ3) is 7.50. The van der Waals surface area contributed by atoms with E-state index >= 15 is 0 Å². The summed E-state index contributed by atoms with van der Waals surface area (Å²) in [6, 6.07) is 11.0. The molecule has 0 radical (unpaired) electrons. The minimum absolute atomic E-state index is 0.00539. The van der Waals surface area contributed by atoms with Crippen LogP contribution in [0.5, 0.6) is 5.75 Å². The third-order valence-electron chi connectivity index (χ3n) is 9.53. The summed E-state index contributed by atoms with van der Waals surface area (Å²) < 4.78 is 5.88. The molecule has 3 aliphatic heterocycles. The van der Waals surface area contributed by atoms with Gasteiger partial charge in [-0.2, -0.15) is 0 Å². The van der Waals surface area contributed by atoms with Gasteiger partial charge in [0.15, 0.2) is 5.82 Å². The summed E-state index contributed by atoms with van der Waals surface area (Å²) in [4.78, 5) is 39.6. The summed E-state index contributed by atoms with van der Waals surface area (Å²) in [5.41, 5.74) is 4.32. The Morgan fingerprint density at radius 3 is 2.49 bits per heavy atom. The van der Waals surface area contributed by atoms with Crippen molar-refractivity contribution in [1.82, 2.24) is 24.8 Å². The molecule has 1 amide bonds. The van der Waals surface area contributed by atoms with Gasteiger partial charge in [0.1, 0.15) is 17.9 Å². The van der Waals surface area contributed by atoms with Crippen molar-refractivity contribution in [3.8, 4) is 5.75 Å². The maximum absolute atomic E-state index is 12.6. The number of aromatic nitrogens is 3. The lowest BCUT2D eigenvalue weighted by molar-refractivity contribution is -0.111. The monoisotopic (exact) mass is 641 g/mol. The van der Waals surface area contributed by atoms with Crippen LogP contribution in [0.1, 0.15) is 50.4 Å². The molecule has 6 rings (SSSR count). The molecule has 12 nitrogen and oxygen atoms in total. The van der Waals surface area contributed by atoms with Gasteiger partial charge < -0.3 is 20.3 Å². The average Bonchev–Trinajstić information content (AvgIpc) is 3.59. The first-order valence-corrected chi connectivity index (χ1v) is 16.6. The molecular weight excluding hydrogens is 594 g/mol. The van der Waals surface area contributed by atoms with Gasteiger partial charge >= 0.3 is 0 Å². The Balaban J connectivity index is 1.19. The molecule has 3 aromatic rings. The Labute approximate surface area is 277 Å². The van der Waals surface area contributed by atoms with Gasteiger partial charge in [-0.3, -0.25) is 24.4 Å². The van der Waals surface area contributed by atoms with Crippen LogP contribution in [0.25, 0.3) is 0 Å². The molecule has 0 saturated carbocycles. The van der Waals surface area contributed by atoms with E-state index in [4.69, 9.17) is 9.57 Å². The lowest BCUT2D eigenvalue weighted by Crippen LogP contribution is -2.54. The topological polar surface area (TPSA) is 111 Å². The van der Waals surface area contributed by atoms with Crippen LogP contribution in [0, 0.1) is 6.92 Å². The van der Waals surface area contributed by atoms with Crippen molar-refractivity contribution >= 4 is 34.6 Å². The zero-order valence-electron chi connectivity index (χ0n) is 28.0. The molecule has 250 valence electrons. The number of amides is 1. The number of methoxy groups -OCH3 is 1. The molecule has 12 heteroatoms. The number of benzene rings is 1. The van der Waals surface area contributed by atoms with E-state index in [0.29, 0.717) is 47.5 Å². The minimum Gasteiger partial charge on any atom is -0.494 e. The summed E-state index contributed by atoms with van der Waals surface area (Å²) in [6.07, 6.45) is 7.66. The van der Waals surface area contributed by atoms with E-state index < -0.39 is 0 Å². The van der Waals surface area contributed by atoms with Crippen molar-refractivity contribution in [3.05, 3.63) is 66.8 Å². The van der Waals surface area contributed by atoms with Crippen LogP contribution < -0.4 is 25.3 Å². The first-order valence-electron chi connectivity index (χ1n) is 16.6. The number of carbonyl (C=O) groups excluding carboxylic acids is 1. The van der Waals surface area contributed by atoms with Gasteiger partial charge in [-0.25, -0.2) is 15.0 Å². The predicted octanol–water partition coefficient (Wildman–Crippen LogP) is 4.93. The second-order valence-corrected chi connectivity index (χ2v) is 12.7. The zero-order valence-corrected chi connectivity index (χ0v) is 28.0. The van der Waals surface area contributed by atoms with E-state index in [2.05, 4.69) is 66.8 Å². The summed E-state index contributed by atoms with van der Waals surface area (Å²) >= 11 is 0. The largest absolute Gasteiger partial charge is 0.494 e. The molecule has 1 aromatic carbocycles. The zero-order chi connectivity index (χ0) is 32.9. The number of hydrogen-bond acceptors (Lipinski definition) is 11. The molecule has 3 saturated heterocycles. The molecule has 3 fully saturated rings. The van der Waals surface area contributed by atoms with Crippen molar-refractivity contribution in [2.24, 2.45) is 0 Å². The number of pyridine rings is 1. The Morgan fingerprint density at radius 2 is 1.81 bits per heavy atom. The van der Waals surface area contributed by atoms with E-state index in [9.17, 15) is 4.79 Å². The first kappa shape index (κ1) is 32.7. The van der Waals surface area contributed by atoms with Gasteiger partial charge in [-0.1, -0.05) is 12.6 Å². The van der Waals surface area contributed by atoms with Gasteiger partial charge in [-0.05, 0) is 57.4 Å². The van der Waals surface area contributed by atoms with Crippen LogP contribution in [0.15, 0.2) is 55.5 Å². The van der Waals surface area contributed by atoms with Crippen LogP contribution in [0.2, 0.25) is 0 Å². The number of anilines is 5. The number of carbonyl (C=O) groups is 1. The maximum atomic E-state index is 12.6. The lowest BCUT2D eigenvalue weighted by atomic mass is 10.0. The second-order valence-electron chi connectivity index (χ2n) is 12.7. The molecule has 0 bridgehead atoms. The quantitative estimate of drug-likeness (QED) is 0.294. The fraction of sp³-hybridized carbons (Fsp3) is 0.486. The van der Waals surface area contributed by atoms with Gasteiger partial charge in [0, 0.05) is 81.8 Å². The summed E-state index contributed by atoms with van der Waals surface area (Å²) in [6.45, 7) is 17.1. The smallest absolute Gasteiger partial charge is 0.247 e. The number of aryl methyl sites for hydroxylation is 1. The van der Waals surface area contributed by atoms with Crippen molar-refractivity contribution in [1.29, 1.82) is 0 Å². The molecule has 1 unspecified atom stereocenters. The van der Waals surface area contributed by atoms with Crippen LogP contribution in [-0.2, 0) is 9.63 Å². The Morgan fingerprint density at radius 1 is 1.02 bits per heavy atom. The van der Waals surface area contributed by atoms with Crippen LogP contribution in [0.4, 0.5) is 28.7 Å². The van der Waals surface area contributed by atoms with Gasteiger partial charge in [-0.15, -0.1) is 0 Å². The second kappa shape index (κ2) is 14.7. The highest BCUT2D eigenvalue weighted by Crippen LogP contribution is 2.40. The summed E-state index contributed by atoms with van der Waals surface area (Å²) in [5, 5.41) is 8.25. The van der Waals surface area contributed by atoms with E-state index in [1.807, 2.05) is 42.4 Å². The van der Waals surface area contributed by atoms with E-state index in [-0.39, 0.29) is 11.9 Å². The van der Waals surface area contributed by atoms with E-state index in [1.165, 1.54) is 12.4 Å². The Bertz CT molecular complexity index is 1530. The normalized spacial score (nSPS) is 19.6. The van der Waals surface area contributed by atoms with Crippen molar-refractivity contribution in [2.75, 3.05) is 73.6 Å². The molecule has 5 heterocycles. The molecule has 3 aliphatic rings. The summed E-state index contributed by atoms with van der Waals surface area (Å²) in [5.74, 6) is 1.57. The maximum Gasteiger partial charge on any atom is 0.247 e. The third-order valence-corrected chi connectivity index (χ3v) is 9.53. The number of piperidine rings is 1. The Kier molecular flexibility index (Phi) is 10.2. The van der Waals surface area contributed by atoms with Crippen LogP contribution >= 0.6 is 0 Å². The molecule has 2 aromatic heterocycles. The van der Waals surface area contributed by atoms with E-state index in [1.54, 1.807) is 7.11 Å². The highest BCUT2D eigenvalue weighted by Gasteiger charge is 2.31. The minimum atomic E-state index is -0.271. The summed E-state index contributed by atoms with van der Waals surface area (Å²) in [7, 11) is 1.65. The molecule has 1 atom stereocenters. The van der Waals surface area contributed by atoms with Crippen molar-refractivity contribution < 1.29 is 14.4 Å². The number of piperazine rings is 1. The molecular formula is C35H47N9O3. The number of nitrogens with one attached hydrogen (secondary N) is 2. The fourth-order valence-corrected chi connectivity index (χ4v) is 6.82. The fourth-order valence-electron chi connectivity index (χ4n) is 6.82.